The molecule has 4 nitrogen and oxygen atoms in total. The molecule has 0 aromatic heterocycles. The number of carbonyl (C=O) groups excluding carboxylic acids is 1. The highest BCUT2D eigenvalue weighted by atomic mass is 16.4. The Labute approximate surface area is 125 Å². The largest absolute Gasteiger partial charge is 0.481 e. The molecule has 1 fully saturated rings. The number of rotatable bonds is 8. The van der Waals surface area contributed by atoms with Gasteiger partial charge in [-0.05, 0) is 24.3 Å². The predicted octanol–water partition coefficient (Wildman–Crippen LogP) is 2.63. The second kappa shape index (κ2) is 7.81. The third-order valence-corrected chi connectivity index (χ3v) is 4.22. The molecule has 1 amide bonds. The molecular formula is C17H23NO3. The van der Waals surface area contributed by atoms with Crippen molar-refractivity contribution < 1.29 is 14.7 Å². The Morgan fingerprint density at radius 1 is 1.24 bits per heavy atom. The molecule has 114 valence electrons. The molecule has 1 aromatic rings. The number of carboxylic acids is 1. The van der Waals surface area contributed by atoms with Crippen LogP contribution < -0.4 is 5.32 Å². The first-order valence-electron chi connectivity index (χ1n) is 7.68. The summed E-state index contributed by atoms with van der Waals surface area (Å²) in [5, 5.41) is 12.0. The summed E-state index contributed by atoms with van der Waals surface area (Å²) in [6, 6.07) is 9.51. The van der Waals surface area contributed by atoms with E-state index in [4.69, 9.17) is 0 Å². The van der Waals surface area contributed by atoms with Crippen LogP contribution >= 0.6 is 0 Å². The van der Waals surface area contributed by atoms with Crippen LogP contribution in [0.3, 0.4) is 0 Å². The number of hydrogen-bond donors (Lipinski definition) is 2. The third kappa shape index (κ3) is 5.21. The molecule has 1 saturated carbocycles. The van der Waals surface area contributed by atoms with Crippen LogP contribution in [0.4, 0.5) is 0 Å². The molecule has 0 radical (unpaired) electrons. The molecule has 1 aliphatic rings. The Morgan fingerprint density at radius 2 is 1.95 bits per heavy atom. The van der Waals surface area contributed by atoms with Crippen molar-refractivity contribution in [3.8, 4) is 0 Å². The molecule has 0 spiro atoms. The second-order valence-corrected chi connectivity index (χ2v) is 5.86. The SMILES string of the molecule is O=C(CCC1CCC1)NCC(Cc1ccccc1)C(=O)O. The molecule has 0 aliphatic heterocycles. The van der Waals surface area contributed by atoms with E-state index < -0.39 is 11.9 Å². The van der Waals surface area contributed by atoms with Gasteiger partial charge in [-0.2, -0.15) is 0 Å². The van der Waals surface area contributed by atoms with Gasteiger partial charge in [-0.3, -0.25) is 9.59 Å². The summed E-state index contributed by atoms with van der Waals surface area (Å²) < 4.78 is 0. The van der Waals surface area contributed by atoms with Crippen molar-refractivity contribution in [3.63, 3.8) is 0 Å². The molecule has 0 saturated heterocycles. The molecule has 0 bridgehead atoms. The average Bonchev–Trinajstić information content (AvgIpc) is 2.42. The van der Waals surface area contributed by atoms with Gasteiger partial charge in [-0.1, -0.05) is 49.6 Å². The van der Waals surface area contributed by atoms with Gasteiger partial charge < -0.3 is 10.4 Å². The average molecular weight is 289 g/mol. The minimum Gasteiger partial charge on any atom is -0.481 e. The van der Waals surface area contributed by atoms with Crippen LogP contribution in [-0.2, 0) is 16.0 Å². The van der Waals surface area contributed by atoms with Crippen LogP contribution in [-0.4, -0.2) is 23.5 Å². The topological polar surface area (TPSA) is 66.4 Å². The Hall–Kier alpha value is -1.84. The summed E-state index contributed by atoms with van der Waals surface area (Å²) in [5.41, 5.74) is 0.980. The van der Waals surface area contributed by atoms with Gasteiger partial charge in [0.15, 0.2) is 0 Å². The van der Waals surface area contributed by atoms with Crippen LogP contribution in [0.1, 0.15) is 37.7 Å². The van der Waals surface area contributed by atoms with Crippen LogP contribution in [0, 0.1) is 11.8 Å². The Morgan fingerprint density at radius 3 is 2.52 bits per heavy atom. The maximum absolute atomic E-state index is 11.8. The molecule has 0 heterocycles. The summed E-state index contributed by atoms with van der Waals surface area (Å²) in [6.07, 6.45) is 5.65. The van der Waals surface area contributed by atoms with Gasteiger partial charge in [0.1, 0.15) is 0 Å². The van der Waals surface area contributed by atoms with Gasteiger partial charge in [0.2, 0.25) is 5.91 Å². The molecular weight excluding hydrogens is 266 g/mol. The number of carbonyl (C=O) groups is 2. The Bertz CT molecular complexity index is 468. The number of hydrogen-bond acceptors (Lipinski definition) is 2. The third-order valence-electron chi connectivity index (χ3n) is 4.22. The minimum absolute atomic E-state index is 0.0267. The Kier molecular flexibility index (Phi) is 5.78. The molecule has 1 aromatic carbocycles. The van der Waals surface area contributed by atoms with E-state index in [0.717, 1.165) is 12.0 Å². The minimum atomic E-state index is -0.863. The summed E-state index contributed by atoms with van der Waals surface area (Å²) in [4.78, 5) is 23.0. The number of aliphatic carboxylic acids is 1. The summed E-state index contributed by atoms with van der Waals surface area (Å²) in [5.74, 6) is -0.755. The van der Waals surface area contributed by atoms with Gasteiger partial charge in [0.05, 0.1) is 5.92 Å². The summed E-state index contributed by atoms with van der Waals surface area (Å²) in [6.45, 7) is 0.202. The van der Waals surface area contributed by atoms with Crippen molar-refractivity contribution in [1.29, 1.82) is 0 Å². The zero-order valence-electron chi connectivity index (χ0n) is 12.3. The number of carboxylic acid groups (broad SMARTS) is 1. The van der Waals surface area contributed by atoms with E-state index in [1.807, 2.05) is 30.3 Å². The molecule has 21 heavy (non-hydrogen) atoms. The van der Waals surface area contributed by atoms with Gasteiger partial charge >= 0.3 is 5.97 Å². The normalized spacial score (nSPS) is 16.0. The lowest BCUT2D eigenvalue weighted by molar-refractivity contribution is -0.141. The van der Waals surface area contributed by atoms with E-state index in [2.05, 4.69) is 5.32 Å². The van der Waals surface area contributed by atoms with Gasteiger partial charge in [-0.25, -0.2) is 0 Å². The number of amides is 1. The molecule has 1 unspecified atom stereocenters. The number of benzene rings is 1. The monoisotopic (exact) mass is 289 g/mol. The lowest BCUT2D eigenvalue weighted by atomic mass is 9.82. The zero-order valence-corrected chi connectivity index (χ0v) is 12.3. The van der Waals surface area contributed by atoms with Crippen molar-refractivity contribution in [2.45, 2.75) is 38.5 Å². The van der Waals surface area contributed by atoms with Crippen LogP contribution in [0.5, 0.6) is 0 Å². The predicted molar refractivity (Wildman–Crippen MR) is 80.9 cm³/mol. The van der Waals surface area contributed by atoms with E-state index in [1.54, 1.807) is 0 Å². The van der Waals surface area contributed by atoms with E-state index >= 15 is 0 Å². The lowest BCUT2D eigenvalue weighted by Crippen LogP contribution is -2.34. The van der Waals surface area contributed by atoms with Crippen molar-refractivity contribution in [3.05, 3.63) is 35.9 Å². The lowest BCUT2D eigenvalue weighted by Gasteiger charge is -2.24. The number of nitrogens with one attached hydrogen (secondary N) is 1. The first kappa shape index (κ1) is 15.5. The molecule has 1 aliphatic carbocycles. The molecule has 2 N–H and O–H groups in total. The van der Waals surface area contributed by atoms with E-state index in [-0.39, 0.29) is 12.5 Å². The Balaban J connectivity index is 1.74. The first-order chi connectivity index (χ1) is 10.1. The maximum atomic E-state index is 11.8. The van der Waals surface area contributed by atoms with E-state index in [9.17, 15) is 14.7 Å². The van der Waals surface area contributed by atoms with Crippen molar-refractivity contribution in [2.24, 2.45) is 11.8 Å². The highest BCUT2D eigenvalue weighted by molar-refractivity contribution is 5.77. The van der Waals surface area contributed by atoms with Gasteiger partial charge in [0, 0.05) is 13.0 Å². The second-order valence-electron chi connectivity index (χ2n) is 5.86. The standard InChI is InChI=1S/C17H23NO3/c19-16(10-9-13-7-4-8-13)18-12-15(17(20)21)11-14-5-2-1-3-6-14/h1-3,5-6,13,15H,4,7-12H2,(H,18,19)(H,20,21). The smallest absolute Gasteiger partial charge is 0.308 e. The molecule has 2 rings (SSSR count). The molecule has 1 atom stereocenters. The summed E-state index contributed by atoms with van der Waals surface area (Å²) >= 11 is 0. The first-order valence-corrected chi connectivity index (χ1v) is 7.68. The van der Waals surface area contributed by atoms with Crippen molar-refractivity contribution >= 4 is 11.9 Å². The fourth-order valence-electron chi connectivity index (χ4n) is 2.59. The van der Waals surface area contributed by atoms with Crippen molar-refractivity contribution in [1.82, 2.24) is 5.32 Å². The van der Waals surface area contributed by atoms with Crippen molar-refractivity contribution in [2.75, 3.05) is 6.54 Å². The quantitative estimate of drug-likeness (QED) is 0.773. The van der Waals surface area contributed by atoms with Gasteiger partial charge in [0.25, 0.3) is 0 Å². The maximum Gasteiger partial charge on any atom is 0.308 e. The van der Waals surface area contributed by atoms with Crippen LogP contribution in [0.2, 0.25) is 0 Å². The van der Waals surface area contributed by atoms with Crippen LogP contribution in [0.15, 0.2) is 30.3 Å². The van der Waals surface area contributed by atoms with Crippen LogP contribution in [0.25, 0.3) is 0 Å². The highest BCUT2D eigenvalue weighted by Crippen LogP contribution is 2.30. The zero-order chi connectivity index (χ0) is 15.1. The fraction of sp³-hybridized carbons (Fsp3) is 0.529. The van der Waals surface area contributed by atoms with Gasteiger partial charge in [-0.15, -0.1) is 0 Å². The summed E-state index contributed by atoms with van der Waals surface area (Å²) in [7, 11) is 0. The van der Waals surface area contributed by atoms with E-state index in [1.165, 1.54) is 19.3 Å². The van der Waals surface area contributed by atoms with E-state index in [0.29, 0.717) is 18.8 Å². The fourth-order valence-corrected chi connectivity index (χ4v) is 2.59. The molecule has 4 heteroatoms. The highest BCUT2D eigenvalue weighted by Gasteiger charge is 2.21.